The molecular weight excluding hydrogens is 232 g/mol. The van der Waals surface area contributed by atoms with Gasteiger partial charge in [-0.25, -0.2) is 0 Å². The Morgan fingerprint density at radius 2 is 1.94 bits per heavy atom. The number of nitrogens with one attached hydrogen (secondary N) is 1. The molecule has 1 amide bonds. The maximum Gasteiger partial charge on any atom is 0.307 e. The van der Waals surface area contributed by atoms with Gasteiger partial charge in [-0.1, -0.05) is 0 Å². The lowest BCUT2D eigenvalue weighted by atomic mass is 10.1. The molecule has 1 fully saturated rings. The molecule has 1 unspecified atom stereocenters. The van der Waals surface area contributed by atoms with Gasteiger partial charge in [0, 0.05) is 19.1 Å². The van der Waals surface area contributed by atoms with Crippen LogP contribution in [-0.2, 0) is 14.3 Å². The minimum Gasteiger partial charge on any atom is -0.466 e. The fourth-order valence-corrected chi connectivity index (χ4v) is 2.06. The molecule has 0 aromatic rings. The van der Waals surface area contributed by atoms with Gasteiger partial charge in [0.05, 0.1) is 19.6 Å². The van der Waals surface area contributed by atoms with E-state index in [4.69, 9.17) is 4.74 Å². The molecule has 1 N–H and O–H groups in total. The molecule has 0 aromatic carbocycles. The highest BCUT2D eigenvalue weighted by Gasteiger charge is 2.17. The van der Waals surface area contributed by atoms with Gasteiger partial charge in [-0.3, -0.25) is 9.59 Å². The third-order valence-corrected chi connectivity index (χ3v) is 3.09. The summed E-state index contributed by atoms with van der Waals surface area (Å²) in [6.07, 6.45) is 3.73. The topological polar surface area (TPSA) is 58.6 Å². The van der Waals surface area contributed by atoms with E-state index in [9.17, 15) is 9.59 Å². The number of esters is 1. The predicted molar refractivity (Wildman–Crippen MR) is 69.1 cm³/mol. The van der Waals surface area contributed by atoms with Gasteiger partial charge in [0.15, 0.2) is 0 Å². The number of likely N-dealkylation sites (tertiary alicyclic amines) is 1. The van der Waals surface area contributed by atoms with Crippen LogP contribution in [0.15, 0.2) is 0 Å². The van der Waals surface area contributed by atoms with E-state index in [2.05, 4.69) is 5.32 Å². The van der Waals surface area contributed by atoms with Gasteiger partial charge in [0.25, 0.3) is 0 Å². The summed E-state index contributed by atoms with van der Waals surface area (Å²) in [5, 5.41) is 3.08. The second kappa shape index (κ2) is 8.08. The van der Waals surface area contributed by atoms with Gasteiger partial charge in [-0.05, 0) is 33.1 Å². The molecule has 1 aliphatic heterocycles. The summed E-state index contributed by atoms with van der Waals surface area (Å²) in [5.74, 6) is -0.0895. The molecule has 0 aliphatic carbocycles. The molecule has 1 heterocycles. The molecule has 18 heavy (non-hydrogen) atoms. The van der Waals surface area contributed by atoms with Crippen LogP contribution in [0, 0.1) is 0 Å². The SMILES string of the molecule is CCOC(=O)CC(C)NCC(=O)N1CCCCC1. The standard InChI is InChI=1S/C13H24N2O3/c1-3-18-13(17)9-11(2)14-10-12(16)15-7-5-4-6-8-15/h11,14H,3-10H2,1-2H3. The van der Waals surface area contributed by atoms with Crippen LogP contribution in [0.3, 0.4) is 0 Å². The van der Waals surface area contributed by atoms with Crippen LogP contribution in [0.25, 0.3) is 0 Å². The molecular formula is C13H24N2O3. The van der Waals surface area contributed by atoms with Crippen molar-refractivity contribution in [2.24, 2.45) is 0 Å². The molecule has 0 spiro atoms. The largest absolute Gasteiger partial charge is 0.466 e. The van der Waals surface area contributed by atoms with Crippen molar-refractivity contribution >= 4 is 11.9 Å². The average Bonchev–Trinajstić information content (AvgIpc) is 2.37. The lowest BCUT2D eigenvalue weighted by Crippen LogP contribution is -2.43. The summed E-state index contributed by atoms with van der Waals surface area (Å²) in [6, 6.07) is -0.0298. The predicted octanol–water partition coefficient (Wildman–Crippen LogP) is 0.930. The highest BCUT2D eigenvalue weighted by atomic mass is 16.5. The van der Waals surface area contributed by atoms with E-state index in [0.29, 0.717) is 19.6 Å². The maximum absolute atomic E-state index is 11.9. The number of ether oxygens (including phenoxy) is 1. The summed E-state index contributed by atoms with van der Waals surface area (Å²) < 4.78 is 4.86. The van der Waals surface area contributed by atoms with Gasteiger partial charge >= 0.3 is 5.97 Å². The van der Waals surface area contributed by atoms with Gasteiger partial charge in [0.1, 0.15) is 0 Å². The molecule has 104 valence electrons. The molecule has 0 saturated carbocycles. The molecule has 5 heteroatoms. The summed E-state index contributed by atoms with van der Waals surface area (Å²) in [4.78, 5) is 25.0. The molecule has 1 aliphatic rings. The Balaban J connectivity index is 2.18. The van der Waals surface area contributed by atoms with Crippen molar-refractivity contribution in [3.05, 3.63) is 0 Å². The minimum absolute atomic E-state index is 0.0298. The van der Waals surface area contributed by atoms with Crippen LogP contribution < -0.4 is 5.32 Å². The zero-order valence-corrected chi connectivity index (χ0v) is 11.4. The van der Waals surface area contributed by atoms with Crippen molar-refractivity contribution in [1.82, 2.24) is 10.2 Å². The second-order valence-electron chi connectivity index (χ2n) is 4.73. The number of piperidine rings is 1. The summed E-state index contributed by atoms with van der Waals surface area (Å²) >= 11 is 0. The number of carbonyl (C=O) groups excluding carboxylic acids is 2. The van der Waals surface area contributed by atoms with Crippen LogP contribution in [0.5, 0.6) is 0 Å². The fraction of sp³-hybridized carbons (Fsp3) is 0.846. The van der Waals surface area contributed by atoms with Crippen molar-refractivity contribution in [2.75, 3.05) is 26.2 Å². The Bertz CT molecular complexity index is 275. The van der Waals surface area contributed by atoms with Crippen molar-refractivity contribution in [2.45, 2.75) is 45.6 Å². The van der Waals surface area contributed by atoms with E-state index < -0.39 is 0 Å². The van der Waals surface area contributed by atoms with Gasteiger partial charge in [-0.15, -0.1) is 0 Å². The number of rotatable bonds is 6. The first-order valence-corrected chi connectivity index (χ1v) is 6.80. The normalized spacial score (nSPS) is 17.3. The second-order valence-corrected chi connectivity index (χ2v) is 4.73. The summed E-state index contributed by atoms with van der Waals surface area (Å²) in [5.41, 5.74) is 0. The first-order valence-electron chi connectivity index (χ1n) is 6.80. The van der Waals surface area contributed by atoms with E-state index in [1.165, 1.54) is 6.42 Å². The van der Waals surface area contributed by atoms with Crippen LogP contribution in [0.4, 0.5) is 0 Å². The lowest BCUT2D eigenvalue weighted by Gasteiger charge is -2.27. The molecule has 1 atom stereocenters. The quantitative estimate of drug-likeness (QED) is 0.718. The van der Waals surface area contributed by atoms with Crippen LogP contribution in [0.1, 0.15) is 39.5 Å². The van der Waals surface area contributed by atoms with E-state index in [1.54, 1.807) is 6.92 Å². The van der Waals surface area contributed by atoms with E-state index in [-0.39, 0.29) is 17.9 Å². The monoisotopic (exact) mass is 256 g/mol. The Hall–Kier alpha value is -1.10. The Morgan fingerprint density at radius 1 is 1.28 bits per heavy atom. The first kappa shape index (κ1) is 15.0. The van der Waals surface area contributed by atoms with Gasteiger partial charge in [0.2, 0.25) is 5.91 Å². The van der Waals surface area contributed by atoms with E-state index >= 15 is 0 Å². The number of amides is 1. The zero-order chi connectivity index (χ0) is 13.4. The highest BCUT2D eigenvalue weighted by molar-refractivity contribution is 5.78. The number of carbonyl (C=O) groups is 2. The Labute approximate surface area is 109 Å². The van der Waals surface area contributed by atoms with Crippen molar-refractivity contribution in [1.29, 1.82) is 0 Å². The van der Waals surface area contributed by atoms with Crippen LogP contribution >= 0.6 is 0 Å². The summed E-state index contributed by atoms with van der Waals surface area (Å²) in [7, 11) is 0. The molecule has 1 saturated heterocycles. The summed E-state index contributed by atoms with van der Waals surface area (Å²) in [6.45, 7) is 6.12. The smallest absolute Gasteiger partial charge is 0.307 e. The molecule has 0 bridgehead atoms. The number of hydrogen-bond donors (Lipinski definition) is 1. The molecule has 1 rings (SSSR count). The molecule has 5 nitrogen and oxygen atoms in total. The zero-order valence-electron chi connectivity index (χ0n) is 11.4. The van der Waals surface area contributed by atoms with Crippen LogP contribution in [0.2, 0.25) is 0 Å². The Morgan fingerprint density at radius 3 is 2.56 bits per heavy atom. The maximum atomic E-state index is 11.9. The van der Waals surface area contributed by atoms with Gasteiger partial charge in [-0.2, -0.15) is 0 Å². The highest BCUT2D eigenvalue weighted by Crippen LogP contribution is 2.08. The molecule has 0 aromatic heterocycles. The molecule has 0 radical (unpaired) electrons. The third-order valence-electron chi connectivity index (χ3n) is 3.09. The van der Waals surface area contributed by atoms with Crippen molar-refractivity contribution in [3.63, 3.8) is 0 Å². The van der Waals surface area contributed by atoms with Crippen molar-refractivity contribution < 1.29 is 14.3 Å². The number of nitrogens with zero attached hydrogens (tertiary/aromatic N) is 1. The number of hydrogen-bond acceptors (Lipinski definition) is 4. The lowest BCUT2D eigenvalue weighted by molar-refractivity contribution is -0.143. The van der Waals surface area contributed by atoms with E-state index in [0.717, 1.165) is 25.9 Å². The average molecular weight is 256 g/mol. The minimum atomic E-state index is -0.220. The third kappa shape index (κ3) is 5.49. The fourth-order valence-electron chi connectivity index (χ4n) is 2.06. The van der Waals surface area contributed by atoms with Crippen LogP contribution in [-0.4, -0.2) is 49.1 Å². The van der Waals surface area contributed by atoms with E-state index in [1.807, 2.05) is 11.8 Å². The first-order chi connectivity index (χ1) is 8.63. The Kier molecular flexibility index (Phi) is 6.72. The van der Waals surface area contributed by atoms with Gasteiger partial charge < -0.3 is 15.0 Å². The van der Waals surface area contributed by atoms with Crippen molar-refractivity contribution in [3.8, 4) is 0 Å².